The van der Waals surface area contributed by atoms with Crippen LogP contribution in [-0.2, 0) is 0 Å². The second kappa shape index (κ2) is 8.44. The van der Waals surface area contributed by atoms with Crippen LogP contribution in [0.4, 0.5) is 0 Å². The molecular formula is C16H22ClN3S. The molecule has 2 unspecified atom stereocenters. The molecule has 0 aliphatic heterocycles. The van der Waals surface area contributed by atoms with Crippen LogP contribution >= 0.6 is 23.4 Å². The number of nitrogens with zero attached hydrogens (tertiary/aromatic N) is 3. The predicted octanol–water partition coefficient (Wildman–Crippen LogP) is 5.44. The van der Waals surface area contributed by atoms with Crippen molar-refractivity contribution in [2.75, 3.05) is 0 Å². The van der Waals surface area contributed by atoms with Gasteiger partial charge in [0.05, 0.1) is 0 Å². The first-order valence-electron chi connectivity index (χ1n) is 7.51. The summed E-state index contributed by atoms with van der Waals surface area (Å²) in [5.41, 5.74) is 0. The van der Waals surface area contributed by atoms with E-state index >= 15 is 0 Å². The molecule has 1 heterocycles. The van der Waals surface area contributed by atoms with Gasteiger partial charge in [-0.1, -0.05) is 56.5 Å². The van der Waals surface area contributed by atoms with Crippen LogP contribution in [-0.4, -0.2) is 14.8 Å². The zero-order chi connectivity index (χ0) is 15.1. The molecule has 5 heteroatoms. The van der Waals surface area contributed by atoms with E-state index in [4.69, 9.17) is 11.6 Å². The Hall–Kier alpha value is -1.00. The van der Waals surface area contributed by atoms with Gasteiger partial charge in [-0.15, -0.1) is 0 Å². The van der Waals surface area contributed by atoms with Crippen LogP contribution in [0.5, 0.6) is 0 Å². The molecule has 2 rings (SSSR count). The Morgan fingerprint density at radius 2 is 2.00 bits per heavy atom. The number of halogens is 1. The van der Waals surface area contributed by atoms with Crippen molar-refractivity contribution in [1.29, 1.82) is 0 Å². The van der Waals surface area contributed by atoms with E-state index in [9.17, 15) is 0 Å². The summed E-state index contributed by atoms with van der Waals surface area (Å²) in [5.74, 6) is 0.590. The lowest BCUT2D eigenvalue weighted by Gasteiger charge is -2.25. The van der Waals surface area contributed by atoms with Crippen molar-refractivity contribution in [3.63, 3.8) is 0 Å². The molecule has 0 amide bonds. The van der Waals surface area contributed by atoms with Crippen LogP contribution in [0.1, 0.15) is 44.9 Å². The molecule has 2 atom stereocenters. The fourth-order valence-electron chi connectivity index (χ4n) is 2.38. The highest BCUT2D eigenvalue weighted by Crippen LogP contribution is 2.40. The molecule has 0 aliphatic rings. The quantitative estimate of drug-likeness (QED) is 0.606. The van der Waals surface area contributed by atoms with Crippen LogP contribution in [0.25, 0.3) is 0 Å². The molecule has 0 saturated heterocycles. The predicted molar refractivity (Wildman–Crippen MR) is 89.7 cm³/mol. The summed E-state index contributed by atoms with van der Waals surface area (Å²) in [6.45, 7) is 4.50. The summed E-state index contributed by atoms with van der Waals surface area (Å²) in [7, 11) is 0. The molecule has 1 aromatic carbocycles. The minimum absolute atomic E-state index is 0.283. The third kappa shape index (κ3) is 4.75. The second-order valence-electron chi connectivity index (χ2n) is 5.15. The van der Waals surface area contributed by atoms with Crippen LogP contribution in [0.15, 0.2) is 41.8 Å². The topological polar surface area (TPSA) is 30.7 Å². The van der Waals surface area contributed by atoms with Crippen LogP contribution in [0.3, 0.4) is 0 Å². The maximum atomic E-state index is 5.97. The molecule has 0 aliphatic carbocycles. The summed E-state index contributed by atoms with van der Waals surface area (Å²) < 4.78 is 1.99. The smallest absolute Gasteiger partial charge is 0.137 e. The molecule has 114 valence electrons. The lowest BCUT2D eigenvalue weighted by atomic mass is 9.99. The van der Waals surface area contributed by atoms with E-state index in [0.717, 1.165) is 11.4 Å². The minimum atomic E-state index is 0.283. The van der Waals surface area contributed by atoms with Crippen LogP contribution in [0, 0.1) is 5.92 Å². The Morgan fingerprint density at radius 1 is 1.24 bits per heavy atom. The van der Waals surface area contributed by atoms with Crippen molar-refractivity contribution in [3.8, 4) is 0 Å². The molecule has 0 bridgehead atoms. The summed E-state index contributed by atoms with van der Waals surface area (Å²) in [6.07, 6.45) is 8.28. The van der Waals surface area contributed by atoms with Crippen molar-refractivity contribution in [1.82, 2.24) is 14.8 Å². The Bertz CT molecular complexity index is 513. The maximum absolute atomic E-state index is 5.97. The Morgan fingerprint density at radius 3 is 2.57 bits per heavy atom. The minimum Gasteiger partial charge on any atom is -0.239 e. The number of aromatic nitrogens is 3. The molecule has 0 spiro atoms. The van der Waals surface area contributed by atoms with E-state index in [1.807, 2.05) is 34.9 Å². The van der Waals surface area contributed by atoms with Crippen molar-refractivity contribution >= 4 is 23.4 Å². The highest BCUT2D eigenvalue weighted by atomic mass is 35.5. The number of rotatable bonds is 8. The lowest BCUT2D eigenvalue weighted by molar-refractivity contribution is 0.361. The van der Waals surface area contributed by atoms with Gasteiger partial charge >= 0.3 is 0 Å². The van der Waals surface area contributed by atoms with Gasteiger partial charge in [0.25, 0.3) is 0 Å². The molecule has 0 fully saturated rings. The van der Waals surface area contributed by atoms with Gasteiger partial charge in [0.15, 0.2) is 0 Å². The van der Waals surface area contributed by atoms with Gasteiger partial charge in [-0.2, -0.15) is 5.10 Å². The number of thioether (sulfide) groups is 1. The third-order valence-corrected chi connectivity index (χ3v) is 5.26. The molecule has 0 saturated carbocycles. The Kier molecular flexibility index (Phi) is 6.58. The average molecular weight is 324 g/mol. The first-order valence-corrected chi connectivity index (χ1v) is 8.76. The number of unbranched alkanes of at least 4 members (excludes halogenated alkanes) is 1. The summed E-state index contributed by atoms with van der Waals surface area (Å²) in [4.78, 5) is 5.33. The number of hydrogen-bond acceptors (Lipinski definition) is 3. The van der Waals surface area contributed by atoms with E-state index in [-0.39, 0.29) is 5.37 Å². The fraction of sp³-hybridized carbons (Fsp3) is 0.500. The largest absolute Gasteiger partial charge is 0.239 e. The maximum Gasteiger partial charge on any atom is 0.137 e. The summed E-state index contributed by atoms with van der Waals surface area (Å²) >= 11 is 7.81. The normalized spacial score (nSPS) is 14.0. The van der Waals surface area contributed by atoms with Gasteiger partial charge in [0.1, 0.15) is 18.0 Å². The number of benzene rings is 1. The van der Waals surface area contributed by atoms with Gasteiger partial charge in [0.2, 0.25) is 0 Å². The molecule has 2 aromatic rings. The van der Waals surface area contributed by atoms with Crippen LogP contribution in [0.2, 0.25) is 5.02 Å². The second-order valence-corrected chi connectivity index (χ2v) is 6.77. The molecule has 0 radical (unpaired) electrons. The van der Waals surface area contributed by atoms with Crippen molar-refractivity contribution in [2.45, 2.75) is 49.8 Å². The molecule has 21 heavy (non-hydrogen) atoms. The van der Waals surface area contributed by atoms with E-state index < -0.39 is 0 Å². The van der Waals surface area contributed by atoms with E-state index in [1.54, 1.807) is 6.33 Å². The highest BCUT2D eigenvalue weighted by molar-refractivity contribution is 7.99. The monoisotopic (exact) mass is 323 g/mol. The first kappa shape index (κ1) is 16.4. The highest BCUT2D eigenvalue weighted by Gasteiger charge is 2.23. The number of hydrogen-bond donors (Lipinski definition) is 0. The molecular weight excluding hydrogens is 302 g/mol. The van der Waals surface area contributed by atoms with E-state index in [1.165, 1.54) is 24.2 Å². The van der Waals surface area contributed by atoms with Crippen LogP contribution < -0.4 is 0 Å². The SMILES string of the molecule is CCCCC(CC)C(Sc1ccc(Cl)cc1)n1cncn1. The van der Waals surface area contributed by atoms with E-state index in [0.29, 0.717) is 5.92 Å². The van der Waals surface area contributed by atoms with Crippen molar-refractivity contribution < 1.29 is 0 Å². The standard InChI is InChI=1S/C16H22ClN3S/c1-3-5-6-13(4-2)16(20-12-18-11-19-20)21-15-9-7-14(17)8-10-15/h7-13,16H,3-6H2,1-2H3. The van der Waals surface area contributed by atoms with Gasteiger partial charge < -0.3 is 0 Å². The Balaban J connectivity index is 2.17. The van der Waals surface area contributed by atoms with Gasteiger partial charge in [-0.25, -0.2) is 9.67 Å². The zero-order valence-corrected chi connectivity index (χ0v) is 14.1. The lowest BCUT2D eigenvalue weighted by Crippen LogP contribution is -2.17. The Labute approximate surface area is 136 Å². The zero-order valence-electron chi connectivity index (χ0n) is 12.6. The summed E-state index contributed by atoms with van der Waals surface area (Å²) in [5, 5.41) is 5.42. The summed E-state index contributed by atoms with van der Waals surface area (Å²) in [6, 6.07) is 8.03. The molecule has 0 N–H and O–H groups in total. The molecule has 3 nitrogen and oxygen atoms in total. The van der Waals surface area contributed by atoms with Gasteiger partial charge in [0, 0.05) is 9.92 Å². The fourth-order valence-corrected chi connectivity index (χ4v) is 3.82. The van der Waals surface area contributed by atoms with Gasteiger partial charge in [-0.3, -0.25) is 0 Å². The van der Waals surface area contributed by atoms with Crippen molar-refractivity contribution in [2.24, 2.45) is 5.92 Å². The third-order valence-electron chi connectivity index (χ3n) is 3.62. The first-order chi connectivity index (χ1) is 10.2. The van der Waals surface area contributed by atoms with E-state index in [2.05, 4.69) is 36.1 Å². The average Bonchev–Trinajstić information content (AvgIpc) is 3.02. The van der Waals surface area contributed by atoms with Crippen molar-refractivity contribution in [3.05, 3.63) is 41.9 Å². The van der Waals surface area contributed by atoms with Gasteiger partial charge in [-0.05, 0) is 36.6 Å². The molecule has 1 aromatic heterocycles.